The summed E-state index contributed by atoms with van der Waals surface area (Å²) in [5.41, 5.74) is 0. The Labute approximate surface area is 408 Å². The van der Waals surface area contributed by atoms with Crippen molar-refractivity contribution in [1.29, 1.82) is 0 Å². The van der Waals surface area contributed by atoms with Crippen molar-refractivity contribution in [2.24, 2.45) is 0 Å². The first-order valence-electron chi connectivity index (χ1n) is 26.6. The molecule has 1 aliphatic heterocycles. The maximum atomic E-state index is 13.0. The molecule has 0 spiro atoms. The van der Waals surface area contributed by atoms with Crippen LogP contribution in [-0.4, -0.2) is 87.5 Å². The summed E-state index contributed by atoms with van der Waals surface area (Å²) in [6.45, 7) is 3.39. The molecule has 0 aromatic heterocycles. The third-order valence-electron chi connectivity index (χ3n) is 11.9. The molecule has 1 heterocycles. The van der Waals surface area contributed by atoms with Crippen LogP contribution in [0.3, 0.4) is 0 Å². The van der Waals surface area contributed by atoms with Gasteiger partial charge < -0.3 is 40.3 Å². The number of carbonyl (C=O) groups is 1. The smallest absolute Gasteiger partial charge is 0.220 e. The SMILES string of the molecule is C/C=C/CC/C=C/CC/C=C/C(O)C(COC1OC(CO)C(O)C(O)C1O)NC(=O)CCCCCCCCCCCCCCCCCC/C=C\C/C=C\C/C=C\C/C=C\C/C=C\C/C=C\CC. The second-order valence-electron chi connectivity index (χ2n) is 17.9. The zero-order valence-electron chi connectivity index (χ0n) is 42.1. The van der Waals surface area contributed by atoms with Crippen LogP contribution >= 0.6 is 0 Å². The molecule has 9 heteroatoms. The predicted octanol–water partition coefficient (Wildman–Crippen LogP) is 12.6. The van der Waals surface area contributed by atoms with E-state index in [0.29, 0.717) is 6.42 Å². The van der Waals surface area contributed by atoms with Crippen LogP contribution in [0.2, 0.25) is 0 Å². The molecule has 0 bridgehead atoms. The van der Waals surface area contributed by atoms with Gasteiger partial charge in [-0.3, -0.25) is 4.79 Å². The fraction of sp³-hybridized carbons (Fsp3) is 0.672. The fourth-order valence-corrected chi connectivity index (χ4v) is 7.73. The zero-order chi connectivity index (χ0) is 48.7. The molecule has 9 nitrogen and oxygen atoms in total. The zero-order valence-corrected chi connectivity index (χ0v) is 42.1. The number of unbranched alkanes of at least 4 members (excludes halogenated alkanes) is 18. The summed E-state index contributed by atoms with van der Waals surface area (Å²) in [4.78, 5) is 13.0. The standard InChI is InChI=1S/C58H97NO8/c1-3-5-7-9-11-13-14-15-16-17-18-19-20-21-22-23-24-25-26-27-28-29-30-31-32-33-34-35-36-37-38-40-42-44-46-48-54(62)59-51(52(61)47-45-43-41-39-12-10-8-6-4-2)50-66-58-57(65)56(64)55(63)53(49-60)67-58/h4-7,11-13,15-16,18-19,21-22,24-25,39,45,47,51-53,55-58,60-61,63-65H,3,8-10,14,17,20,23,26-38,40-44,46,48-50H2,1-2H3,(H,59,62)/b6-4+,7-5-,13-11-,16-15-,19-18-,22-21-,25-24-,39-12+,47-45+. The number of carbonyl (C=O) groups excluding carboxylic acids is 1. The molecule has 6 N–H and O–H groups in total. The number of ether oxygens (including phenoxy) is 2. The number of aliphatic hydroxyl groups excluding tert-OH is 5. The lowest BCUT2D eigenvalue weighted by molar-refractivity contribution is -0.302. The lowest BCUT2D eigenvalue weighted by Crippen LogP contribution is -2.60. The lowest BCUT2D eigenvalue weighted by atomic mass is 9.99. The van der Waals surface area contributed by atoms with Gasteiger partial charge in [-0.05, 0) is 90.4 Å². The quantitative estimate of drug-likeness (QED) is 0.0261. The van der Waals surface area contributed by atoms with Crippen LogP contribution in [0, 0.1) is 0 Å². The highest BCUT2D eigenvalue weighted by atomic mass is 16.7. The third-order valence-corrected chi connectivity index (χ3v) is 11.9. The third kappa shape index (κ3) is 36.5. The van der Waals surface area contributed by atoms with Crippen molar-refractivity contribution in [3.8, 4) is 0 Å². The van der Waals surface area contributed by atoms with Gasteiger partial charge in [-0.2, -0.15) is 0 Å². The van der Waals surface area contributed by atoms with E-state index < -0.39 is 49.5 Å². The highest BCUT2D eigenvalue weighted by Gasteiger charge is 2.44. The summed E-state index contributed by atoms with van der Waals surface area (Å²) in [5.74, 6) is -0.198. The van der Waals surface area contributed by atoms with E-state index in [1.165, 1.54) is 89.9 Å². The summed E-state index contributed by atoms with van der Waals surface area (Å²) in [7, 11) is 0. The number of aliphatic hydroxyl groups is 5. The number of hydrogen-bond acceptors (Lipinski definition) is 8. The predicted molar refractivity (Wildman–Crippen MR) is 281 cm³/mol. The Morgan fingerprint density at radius 2 is 0.955 bits per heavy atom. The van der Waals surface area contributed by atoms with Crippen molar-refractivity contribution >= 4 is 5.91 Å². The number of rotatable bonds is 43. The molecule has 0 aliphatic carbocycles. The molecule has 0 radical (unpaired) electrons. The molecule has 0 saturated carbocycles. The Morgan fingerprint density at radius 3 is 1.43 bits per heavy atom. The van der Waals surface area contributed by atoms with Gasteiger partial charge in [0.1, 0.15) is 24.4 Å². The normalized spacial score (nSPS) is 20.6. The van der Waals surface area contributed by atoms with Crippen molar-refractivity contribution < 1.29 is 39.8 Å². The molecule has 0 aromatic rings. The molecule has 1 fully saturated rings. The Morgan fingerprint density at radius 1 is 0.537 bits per heavy atom. The van der Waals surface area contributed by atoms with Gasteiger partial charge in [0.05, 0.1) is 25.4 Å². The topological polar surface area (TPSA) is 149 Å². The number of nitrogens with one attached hydrogen (secondary N) is 1. The van der Waals surface area contributed by atoms with Crippen LogP contribution in [0.15, 0.2) is 109 Å². The van der Waals surface area contributed by atoms with Crippen LogP contribution in [0.1, 0.15) is 194 Å². The highest BCUT2D eigenvalue weighted by Crippen LogP contribution is 2.22. The number of hydrogen-bond donors (Lipinski definition) is 6. The molecular weight excluding hydrogens is 839 g/mol. The van der Waals surface area contributed by atoms with Crippen LogP contribution < -0.4 is 5.32 Å². The van der Waals surface area contributed by atoms with Gasteiger partial charge in [-0.15, -0.1) is 0 Å². The van der Waals surface area contributed by atoms with E-state index in [4.69, 9.17) is 9.47 Å². The number of allylic oxidation sites excluding steroid dienone is 17. The minimum absolute atomic E-state index is 0.198. The second-order valence-corrected chi connectivity index (χ2v) is 17.9. The van der Waals surface area contributed by atoms with Crippen molar-refractivity contribution in [2.45, 2.75) is 236 Å². The van der Waals surface area contributed by atoms with Gasteiger partial charge in [0.15, 0.2) is 6.29 Å². The summed E-state index contributed by atoms with van der Waals surface area (Å²) < 4.78 is 11.2. The first-order valence-corrected chi connectivity index (χ1v) is 26.6. The fourth-order valence-electron chi connectivity index (χ4n) is 7.73. The molecule has 7 unspecified atom stereocenters. The summed E-state index contributed by atoms with van der Waals surface area (Å²) in [6.07, 6.45) is 61.9. The van der Waals surface area contributed by atoms with Gasteiger partial charge in [0.25, 0.3) is 0 Å². The molecule has 67 heavy (non-hydrogen) atoms. The van der Waals surface area contributed by atoms with E-state index >= 15 is 0 Å². The molecule has 1 amide bonds. The first-order chi connectivity index (χ1) is 32.8. The minimum Gasteiger partial charge on any atom is -0.394 e. The molecule has 1 aliphatic rings. The summed E-state index contributed by atoms with van der Waals surface area (Å²) >= 11 is 0. The second kappa shape index (κ2) is 46.6. The Kier molecular flexibility index (Phi) is 43.0. The average molecular weight is 936 g/mol. The minimum atomic E-state index is -1.58. The highest BCUT2D eigenvalue weighted by molar-refractivity contribution is 5.76. The van der Waals surface area contributed by atoms with E-state index in [0.717, 1.165) is 83.5 Å². The van der Waals surface area contributed by atoms with E-state index in [-0.39, 0.29) is 12.5 Å². The maximum absolute atomic E-state index is 13.0. The number of amides is 1. The summed E-state index contributed by atoms with van der Waals surface area (Å²) in [5, 5.41) is 54.1. The first kappa shape index (κ1) is 61.9. The molecule has 0 aromatic carbocycles. The lowest BCUT2D eigenvalue weighted by Gasteiger charge is -2.40. The van der Waals surface area contributed by atoms with Crippen LogP contribution in [0.5, 0.6) is 0 Å². The van der Waals surface area contributed by atoms with Gasteiger partial charge in [-0.1, -0.05) is 206 Å². The Hall–Kier alpha value is -3.15. The van der Waals surface area contributed by atoms with Gasteiger partial charge in [-0.25, -0.2) is 0 Å². The van der Waals surface area contributed by atoms with E-state index in [1.807, 2.05) is 19.1 Å². The molecular formula is C58H97NO8. The largest absolute Gasteiger partial charge is 0.394 e. The van der Waals surface area contributed by atoms with E-state index in [2.05, 4.69) is 103 Å². The molecule has 382 valence electrons. The Balaban J connectivity index is 2.10. The maximum Gasteiger partial charge on any atom is 0.220 e. The van der Waals surface area contributed by atoms with Crippen molar-refractivity contribution in [1.82, 2.24) is 5.32 Å². The molecule has 1 rings (SSSR count). The van der Waals surface area contributed by atoms with Crippen molar-refractivity contribution in [2.75, 3.05) is 13.2 Å². The van der Waals surface area contributed by atoms with Crippen molar-refractivity contribution in [3.63, 3.8) is 0 Å². The van der Waals surface area contributed by atoms with Gasteiger partial charge in [0, 0.05) is 6.42 Å². The van der Waals surface area contributed by atoms with Crippen molar-refractivity contribution in [3.05, 3.63) is 109 Å². The van der Waals surface area contributed by atoms with E-state index in [1.54, 1.807) is 6.08 Å². The van der Waals surface area contributed by atoms with E-state index in [9.17, 15) is 30.3 Å². The van der Waals surface area contributed by atoms with Gasteiger partial charge in [0.2, 0.25) is 5.91 Å². The monoisotopic (exact) mass is 936 g/mol. The molecule has 1 saturated heterocycles. The van der Waals surface area contributed by atoms with Crippen LogP contribution in [0.25, 0.3) is 0 Å². The average Bonchev–Trinajstić information content (AvgIpc) is 3.33. The Bertz CT molecular complexity index is 1410. The molecule has 7 atom stereocenters. The summed E-state index contributed by atoms with van der Waals surface area (Å²) in [6, 6.07) is -0.831. The van der Waals surface area contributed by atoms with Crippen LogP contribution in [0.4, 0.5) is 0 Å². The van der Waals surface area contributed by atoms with Crippen LogP contribution in [-0.2, 0) is 14.3 Å². The van der Waals surface area contributed by atoms with Gasteiger partial charge >= 0.3 is 0 Å².